The predicted octanol–water partition coefficient (Wildman–Crippen LogP) is 5.26. The van der Waals surface area contributed by atoms with Crippen molar-refractivity contribution >= 4 is 11.6 Å². The van der Waals surface area contributed by atoms with Crippen LogP contribution < -0.4 is 14.8 Å². The number of benzene rings is 3. The van der Waals surface area contributed by atoms with Gasteiger partial charge >= 0.3 is 0 Å². The molecule has 3 aromatic carbocycles. The standard InChI is InChI=1S/C23H24ClNO2/c1-26-22-15-21(24)14-20(16-25-13-12-18-8-4-2-5-9-18)23(22)27-17-19-10-6-3-7-11-19/h2-11,14-15,25H,12-13,16-17H2,1H3. The Hall–Kier alpha value is -2.49. The lowest BCUT2D eigenvalue weighted by Crippen LogP contribution is -2.17. The Morgan fingerprint density at radius 2 is 1.56 bits per heavy atom. The summed E-state index contributed by atoms with van der Waals surface area (Å²) in [5, 5.41) is 4.11. The molecule has 0 unspecified atom stereocenters. The first-order valence-corrected chi connectivity index (χ1v) is 9.42. The van der Waals surface area contributed by atoms with Gasteiger partial charge in [0.05, 0.1) is 7.11 Å². The molecule has 0 amide bonds. The first-order chi connectivity index (χ1) is 13.3. The second-order valence-electron chi connectivity index (χ2n) is 6.28. The van der Waals surface area contributed by atoms with Crippen LogP contribution in [0.25, 0.3) is 0 Å². The second-order valence-corrected chi connectivity index (χ2v) is 6.72. The molecule has 27 heavy (non-hydrogen) atoms. The van der Waals surface area contributed by atoms with Gasteiger partial charge in [0.1, 0.15) is 6.61 Å². The van der Waals surface area contributed by atoms with E-state index in [1.165, 1.54) is 5.56 Å². The molecule has 3 rings (SSSR count). The van der Waals surface area contributed by atoms with E-state index in [1.54, 1.807) is 13.2 Å². The zero-order valence-corrected chi connectivity index (χ0v) is 16.2. The van der Waals surface area contributed by atoms with Crippen LogP contribution in [0, 0.1) is 0 Å². The van der Waals surface area contributed by atoms with Crippen LogP contribution in [0.2, 0.25) is 5.02 Å². The molecule has 0 aliphatic carbocycles. The van der Waals surface area contributed by atoms with Gasteiger partial charge < -0.3 is 14.8 Å². The highest BCUT2D eigenvalue weighted by Gasteiger charge is 2.13. The van der Waals surface area contributed by atoms with Crippen LogP contribution in [0.4, 0.5) is 0 Å². The molecule has 3 aromatic rings. The Morgan fingerprint density at radius 3 is 2.22 bits per heavy atom. The van der Waals surface area contributed by atoms with Gasteiger partial charge in [-0.3, -0.25) is 0 Å². The maximum atomic E-state index is 6.26. The Kier molecular flexibility index (Phi) is 7.14. The van der Waals surface area contributed by atoms with Crippen LogP contribution in [0.15, 0.2) is 72.8 Å². The minimum Gasteiger partial charge on any atom is -0.493 e. The van der Waals surface area contributed by atoms with Gasteiger partial charge in [-0.25, -0.2) is 0 Å². The van der Waals surface area contributed by atoms with E-state index in [0.29, 0.717) is 23.9 Å². The number of hydrogen-bond acceptors (Lipinski definition) is 3. The summed E-state index contributed by atoms with van der Waals surface area (Å²) in [5.41, 5.74) is 3.41. The summed E-state index contributed by atoms with van der Waals surface area (Å²) >= 11 is 6.26. The van der Waals surface area contributed by atoms with Gasteiger partial charge in [-0.15, -0.1) is 0 Å². The van der Waals surface area contributed by atoms with Crippen molar-refractivity contribution in [2.75, 3.05) is 13.7 Å². The van der Waals surface area contributed by atoms with E-state index in [0.717, 1.165) is 29.8 Å². The normalized spacial score (nSPS) is 10.6. The molecule has 0 atom stereocenters. The summed E-state index contributed by atoms with van der Waals surface area (Å²) in [7, 11) is 1.63. The van der Waals surface area contributed by atoms with E-state index >= 15 is 0 Å². The van der Waals surface area contributed by atoms with E-state index in [1.807, 2.05) is 42.5 Å². The highest BCUT2D eigenvalue weighted by molar-refractivity contribution is 6.30. The van der Waals surface area contributed by atoms with Gasteiger partial charge in [-0.05, 0) is 30.2 Å². The van der Waals surface area contributed by atoms with Crippen molar-refractivity contribution in [3.8, 4) is 11.5 Å². The molecule has 0 fully saturated rings. The highest BCUT2D eigenvalue weighted by atomic mass is 35.5. The molecule has 3 nitrogen and oxygen atoms in total. The fraction of sp³-hybridized carbons (Fsp3) is 0.217. The Balaban J connectivity index is 1.66. The average molecular weight is 382 g/mol. The minimum atomic E-state index is 0.482. The second kappa shape index (κ2) is 10.0. The van der Waals surface area contributed by atoms with Gasteiger partial charge in [-0.2, -0.15) is 0 Å². The minimum absolute atomic E-state index is 0.482. The number of halogens is 1. The van der Waals surface area contributed by atoms with Crippen molar-refractivity contribution in [3.05, 3.63) is 94.5 Å². The molecular formula is C23H24ClNO2. The molecule has 0 spiro atoms. The Morgan fingerprint density at radius 1 is 0.889 bits per heavy atom. The van der Waals surface area contributed by atoms with Crippen molar-refractivity contribution in [3.63, 3.8) is 0 Å². The Bertz CT molecular complexity index is 838. The number of nitrogens with one attached hydrogen (secondary N) is 1. The van der Waals surface area contributed by atoms with Crippen LogP contribution in [0.3, 0.4) is 0 Å². The third-order valence-corrected chi connectivity index (χ3v) is 4.51. The predicted molar refractivity (Wildman–Crippen MR) is 111 cm³/mol. The van der Waals surface area contributed by atoms with Crippen molar-refractivity contribution in [2.24, 2.45) is 0 Å². The summed E-state index contributed by atoms with van der Waals surface area (Å²) in [5.74, 6) is 1.39. The summed E-state index contributed by atoms with van der Waals surface area (Å²) < 4.78 is 11.6. The largest absolute Gasteiger partial charge is 0.493 e. The molecule has 1 N–H and O–H groups in total. The molecule has 4 heteroatoms. The smallest absolute Gasteiger partial charge is 0.166 e. The summed E-state index contributed by atoms with van der Waals surface area (Å²) in [6, 6.07) is 24.2. The van der Waals surface area contributed by atoms with Crippen LogP contribution >= 0.6 is 11.6 Å². The van der Waals surface area contributed by atoms with Crippen molar-refractivity contribution in [1.82, 2.24) is 5.32 Å². The zero-order valence-electron chi connectivity index (χ0n) is 15.5. The van der Waals surface area contributed by atoms with Crippen molar-refractivity contribution in [1.29, 1.82) is 0 Å². The fourth-order valence-electron chi connectivity index (χ4n) is 2.90. The molecule has 0 saturated heterocycles. The third-order valence-electron chi connectivity index (χ3n) is 4.29. The molecular weight excluding hydrogens is 358 g/mol. The van der Waals surface area contributed by atoms with Crippen molar-refractivity contribution in [2.45, 2.75) is 19.6 Å². The van der Waals surface area contributed by atoms with Crippen LogP contribution in [0.5, 0.6) is 11.5 Å². The van der Waals surface area contributed by atoms with Gasteiger partial charge in [0.15, 0.2) is 11.5 Å². The lowest BCUT2D eigenvalue weighted by Gasteiger charge is -2.16. The number of ether oxygens (including phenoxy) is 2. The Labute approximate surface area is 165 Å². The molecule has 0 bridgehead atoms. The first-order valence-electron chi connectivity index (χ1n) is 9.04. The van der Waals surface area contributed by atoms with Crippen LogP contribution in [-0.2, 0) is 19.6 Å². The molecule has 0 saturated carbocycles. The highest BCUT2D eigenvalue weighted by Crippen LogP contribution is 2.35. The fourth-order valence-corrected chi connectivity index (χ4v) is 3.13. The molecule has 0 aliphatic rings. The van der Waals surface area contributed by atoms with Gasteiger partial charge in [0, 0.05) is 23.2 Å². The summed E-state index contributed by atoms with van der Waals surface area (Å²) in [4.78, 5) is 0. The lowest BCUT2D eigenvalue weighted by atomic mass is 10.1. The topological polar surface area (TPSA) is 30.5 Å². The molecule has 0 aliphatic heterocycles. The van der Waals surface area contributed by atoms with Gasteiger partial charge in [0.25, 0.3) is 0 Å². The number of hydrogen-bond donors (Lipinski definition) is 1. The summed E-state index contributed by atoms with van der Waals surface area (Å²) in [6.07, 6.45) is 0.971. The van der Waals surface area contributed by atoms with E-state index in [9.17, 15) is 0 Å². The van der Waals surface area contributed by atoms with E-state index in [4.69, 9.17) is 21.1 Å². The lowest BCUT2D eigenvalue weighted by molar-refractivity contribution is 0.280. The van der Waals surface area contributed by atoms with E-state index in [2.05, 4.69) is 29.6 Å². The number of methoxy groups -OCH3 is 1. The monoisotopic (exact) mass is 381 g/mol. The van der Waals surface area contributed by atoms with Gasteiger partial charge in [0.2, 0.25) is 0 Å². The molecule has 0 aromatic heterocycles. The van der Waals surface area contributed by atoms with E-state index in [-0.39, 0.29) is 0 Å². The zero-order chi connectivity index (χ0) is 18.9. The van der Waals surface area contributed by atoms with E-state index < -0.39 is 0 Å². The number of rotatable bonds is 9. The average Bonchev–Trinajstić information content (AvgIpc) is 2.71. The summed E-state index contributed by atoms with van der Waals surface area (Å²) in [6.45, 7) is 2.01. The SMILES string of the molecule is COc1cc(Cl)cc(CNCCc2ccccc2)c1OCc1ccccc1. The van der Waals surface area contributed by atoms with Crippen LogP contribution in [0.1, 0.15) is 16.7 Å². The molecule has 0 radical (unpaired) electrons. The maximum Gasteiger partial charge on any atom is 0.166 e. The molecule has 140 valence electrons. The first kappa shape index (κ1) is 19.3. The van der Waals surface area contributed by atoms with Crippen LogP contribution in [-0.4, -0.2) is 13.7 Å². The quantitative estimate of drug-likeness (QED) is 0.513. The maximum absolute atomic E-state index is 6.26. The third kappa shape index (κ3) is 5.75. The van der Waals surface area contributed by atoms with Gasteiger partial charge in [-0.1, -0.05) is 72.3 Å². The molecule has 0 heterocycles. The van der Waals surface area contributed by atoms with Crippen molar-refractivity contribution < 1.29 is 9.47 Å².